The first-order chi connectivity index (χ1) is 7.40. The van der Waals surface area contributed by atoms with Crippen molar-refractivity contribution in [1.82, 2.24) is 0 Å². The number of allylic oxidation sites excluding steroid dienone is 1. The summed E-state index contributed by atoms with van der Waals surface area (Å²) in [6.07, 6.45) is 8.09. The summed E-state index contributed by atoms with van der Waals surface area (Å²) < 4.78 is 5.45. The van der Waals surface area contributed by atoms with Gasteiger partial charge in [-0.3, -0.25) is 0 Å². The van der Waals surface area contributed by atoms with Crippen LogP contribution in [0.3, 0.4) is 0 Å². The van der Waals surface area contributed by atoms with E-state index in [2.05, 4.69) is 29.3 Å². The second kappa shape index (κ2) is 3.30. The molecule has 0 radical (unpaired) electrons. The van der Waals surface area contributed by atoms with Crippen LogP contribution in [0, 0.1) is 0 Å². The van der Waals surface area contributed by atoms with E-state index in [1.54, 1.807) is 7.11 Å². The van der Waals surface area contributed by atoms with Crippen LogP contribution in [-0.4, -0.2) is 13.2 Å². The molecule has 0 atom stereocenters. The zero-order valence-electron chi connectivity index (χ0n) is 8.94. The van der Waals surface area contributed by atoms with E-state index in [0.29, 0.717) is 6.04 Å². The predicted molar refractivity (Wildman–Crippen MR) is 61.3 cm³/mol. The molecule has 78 valence electrons. The Morgan fingerprint density at radius 2 is 2.20 bits per heavy atom. The number of benzene rings is 1. The van der Waals surface area contributed by atoms with Crippen LogP contribution in [0.15, 0.2) is 30.5 Å². The zero-order chi connectivity index (χ0) is 10.3. The van der Waals surface area contributed by atoms with Gasteiger partial charge < -0.3 is 9.64 Å². The van der Waals surface area contributed by atoms with Crippen molar-refractivity contribution in [2.45, 2.75) is 25.3 Å². The molecule has 0 bridgehead atoms. The normalized spacial score (nSPS) is 18.9. The molecule has 1 aromatic rings. The summed E-state index contributed by atoms with van der Waals surface area (Å²) in [5.41, 5.74) is 2.66. The Hall–Kier alpha value is -1.44. The minimum absolute atomic E-state index is 0.705. The number of rotatable bonds is 2. The number of methoxy groups -OCH3 is 1. The number of fused-ring (bicyclic) bond motifs is 1. The lowest BCUT2D eigenvalue weighted by Gasteiger charge is -2.28. The number of anilines is 1. The molecule has 0 aromatic heterocycles. The van der Waals surface area contributed by atoms with Crippen molar-refractivity contribution in [2.75, 3.05) is 12.0 Å². The second-order valence-electron chi connectivity index (χ2n) is 4.20. The highest BCUT2D eigenvalue weighted by Gasteiger charge is 2.31. The van der Waals surface area contributed by atoms with Crippen molar-refractivity contribution in [3.05, 3.63) is 36.0 Å². The van der Waals surface area contributed by atoms with Crippen molar-refractivity contribution in [2.24, 2.45) is 0 Å². The molecule has 2 aliphatic rings. The zero-order valence-corrected chi connectivity index (χ0v) is 8.94. The van der Waals surface area contributed by atoms with Gasteiger partial charge in [-0.1, -0.05) is 18.2 Å². The fourth-order valence-corrected chi connectivity index (χ4v) is 2.22. The van der Waals surface area contributed by atoms with Crippen LogP contribution in [0.1, 0.15) is 18.4 Å². The van der Waals surface area contributed by atoms with Crippen molar-refractivity contribution in [3.8, 4) is 5.75 Å². The van der Waals surface area contributed by atoms with Gasteiger partial charge in [0.15, 0.2) is 0 Å². The molecule has 1 heterocycles. The number of ether oxygens (including phenoxy) is 1. The van der Waals surface area contributed by atoms with Crippen molar-refractivity contribution in [3.63, 3.8) is 0 Å². The minimum Gasteiger partial charge on any atom is -0.495 e. The Labute approximate surface area is 90.2 Å². The van der Waals surface area contributed by atoms with Crippen LogP contribution in [-0.2, 0) is 6.42 Å². The van der Waals surface area contributed by atoms with E-state index in [9.17, 15) is 0 Å². The van der Waals surface area contributed by atoms with Crippen LogP contribution in [0.5, 0.6) is 5.75 Å². The smallest absolute Gasteiger partial charge is 0.142 e. The maximum atomic E-state index is 5.45. The first kappa shape index (κ1) is 8.84. The van der Waals surface area contributed by atoms with E-state index < -0.39 is 0 Å². The van der Waals surface area contributed by atoms with Gasteiger partial charge in [0.1, 0.15) is 5.75 Å². The molecule has 1 aliphatic heterocycles. The number of hydrogen-bond acceptors (Lipinski definition) is 2. The lowest BCUT2D eigenvalue weighted by atomic mass is 10.0. The van der Waals surface area contributed by atoms with Gasteiger partial charge in [0.2, 0.25) is 0 Å². The van der Waals surface area contributed by atoms with Crippen LogP contribution in [0.2, 0.25) is 0 Å². The Morgan fingerprint density at radius 1 is 1.33 bits per heavy atom. The molecule has 15 heavy (non-hydrogen) atoms. The van der Waals surface area contributed by atoms with Gasteiger partial charge in [0, 0.05) is 12.2 Å². The van der Waals surface area contributed by atoms with E-state index in [0.717, 1.165) is 12.2 Å². The molecule has 0 spiro atoms. The van der Waals surface area contributed by atoms with Crippen LogP contribution in [0.25, 0.3) is 0 Å². The molecular formula is C13H15NO. The van der Waals surface area contributed by atoms with E-state index in [1.807, 2.05) is 6.07 Å². The van der Waals surface area contributed by atoms with Crippen LogP contribution < -0.4 is 9.64 Å². The Balaban J connectivity index is 2.09. The van der Waals surface area contributed by atoms with Crippen LogP contribution in [0.4, 0.5) is 5.69 Å². The number of hydrogen-bond donors (Lipinski definition) is 0. The first-order valence-electron chi connectivity index (χ1n) is 5.51. The number of para-hydroxylation sites is 1. The molecule has 3 rings (SSSR count). The Kier molecular flexibility index (Phi) is 1.94. The SMILES string of the molecule is COc1cccc2c1N(C1CC1)C=CC2. The first-order valence-corrected chi connectivity index (χ1v) is 5.51. The molecule has 0 unspecified atom stereocenters. The lowest BCUT2D eigenvalue weighted by Crippen LogP contribution is -2.22. The third kappa shape index (κ3) is 1.41. The largest absolute Gasteiger partial charge is 0.495 e. The molecule has 0 amide bonds. The number of nitrogens with zero attached hydrogens (tertiary/aromatic N) is 1. The third-order valence-electron chi connectivity index (χ3n) is 3.10. The summed E-state index contributed by atoms with van der Waals surface area (Å²) in [6, 6.07) is 7.02. The Bertz CT molecular complexity index is 407. The summed E-state index contributed by atoms with van der Waals surface area (Å²) >= 11 is 0. The van der Waals surface area contributed by atoms with Gasteiger partial charge in [0.25, 0.3) is 0 Å². The molecule has 2 nitrogen and oxygen atoms in total. The monoisotopic (exact) mass is 201 g/mol. The van der Waals surface area contributed by atoms with Crippen LogP contribution >= 0.6 is 0 Å². The average Bonchev–Trinajstić information content (AvgIpc) is 3.11. The summed E-state index contributed by atoms with van der Waals surface area (Å²) in [4.78, 5) is 2.37. The molecule has 0 saturated heterocycles. The maximum absolute atomic E-state index is 5.45. The summed E-state index contributed by atoms with van der Waals surface area (Å²) in [5, 5.41) is 0. The van der Waals surface area contributed by atoms with Gasteiger partial charge in [-0.15, -0.1) is 0 Å². The standard InChI is InChI=1S/C13H15NO/c1-15-12-6-2-4-10-5-3-9-14(13(10)12)11-7-8-11/h2-4,6,9,11H,5,7-8H2,1H3. The molecule has 1 aliphatic carbocycles. The highest BCUT2D eigenvalue weighted by molar-refractivity contribution is 5.68. The van der Waals surface area contributed by atoms with Gasteiger partial charge in [-0.2, -0.15) is 0 Å². The molecule has 2 heteroatoms. The average molecular weight is 201 g/mol. The summed E-state index contributed by atoms with van der Waals surface area (Å²) in [7, 11) is 1.75. The van der Waals surface area contributed by atoms with Gasteiger partial charge in [-0.05, 0) is 30.9 Å². The van der Waals surface area contributed by atoms with E-state index in [4.69, 9.17) is 4.74 Å². The van der Waals surface area contributed by atoms with Crippen molar-refractivity contribution < 1.29 is 4.74 Å². The fourth-order valence-electron chi connectivity index (χ4n) is 2.22. The van der Waals surface area contributed by atoms with E-state index >= 15 is 0 Å². The molecule has 1 aromatic carbocycles. The fraction of sp³-hybridized carbons (Fsp3) is 0.385. The third-order valence-corrected chi connectivity index (χ3v) is 3.10. The highest BCUT2D eigenvalue weighted by Crippen LogP contribution is 2.41. The maximum Gasteiger partial charge on any atom is 0.142 e. The van der Waals surface area contributed by atoms with Gasteiger partial charge in [0.05, 0.1) is 12.8 Å². The molecule has 0 N–H and O–H groups in total. The van der Waals surface area contributed by atoms with E-state index in [1.165, 1.54) is 24.1 Å². The Morgan fingerprint density at radius 3 is 2.93 bits per heavy atom. The van der Waals surface area contributed by atoms with Crippen molar-refractivity contribution in [1.29, 1.82) is 0 Å². The molecular weight excluding hydrogens is 186 g/mol. The molecule has 1 saturated carbocycles. The topological polar surface area (TPSA) is 12.5 Å². The molecule has 1 fully saturated rings. The second-order valence-corrected chi connectivity index (χ2v) is 4.20. The van der Waals surface area contributed by atoms with E-state index in [-0.39, 0.29) is 0 Å². The van der Waals surface area contributed by atoms with Gasteiger partial charge >= 0.3 is 0 Å². The predicted octanol–water partition coefficient (Wildman–Crippen LogP) is 2.73. The highest BCUT2D eigenvalue weighted by atomic mass is 16.5. The summed E-state index contributed by atoms with van der Waals surface area (Å²) in [5.74, 6) is 1.00. The minimum atomic E-state index is 0.705. The van der Waals surface area contributed by atoms with Crippen molar-refractivity contribution >= 4 is 5.69 Å². The quantitative estimate of drug-likeness (QED) is 0.729. The lowest BCUT2D eigenvalue weighted by molar-refractivity contribution is 0.414. The van der Waals surface area contributed by atoms with Gasteiger partial charge in [-0.25, -0.2) is 0 Å². The summed E-state index contributed by atoms with van der Waals surface area (Å²) in [6.45, 7) is 0.